The number of imidazole rings is 1. The van der Waals surface area contributed by atoms with E-state index in [-0.39, 0.29) is 23.9 Å². The fraction of sp³-hybridized carbons (Fsp3) is 0.105. The van der Waals surface area contributed by atoms with Gasteiger partial charge in [-0.05, 0) is 36.2 Å². The van der Waals surface area contributed by atoms with Crippen LogP contribution in [-0.2, 0) is 12.8 Å². The molecule has 8 heteroatoms. The Bertz CT molecular complexity index is 1090. The van der Waals surface area contributed by atoms with Gasteiger partial charge in [0.25, 0.3) is 5.56 Å². The number of nitrogens with one attached hydrogen (secondary N) is 2. The van der Waals surface area contributed by atoms with E-state index in [1.165, 1.54) is 0 Å². The van der Waals surface area contributed by atoms with Crippen molar-refractivity contribution in [1.29, 1.82) is 0 Å². The Kier molecular flexibility index (Phi) is 5.42. The predicted molar refractivity (Wildman–Crippen MR) is 107 cm³/mol. The van der Waals surface area contributed by atoms with E-state index in [0.29, 0.717) is 23.4 Å². The average molecular weight is 384 g/mol. The Labute approximate surface area is 161 Å². The monoisotopic (exact) mass is 383 g/mol. The number of halogens is 1. The number of rotatable bonds is 5. The van der Waals surface area contributed by atoms with Gasteiger partial charge >= 0.3 is 0 Å². The average Bonchev–Trinajstić information content (AvgIpc) is 3.05. The number of H-pyrrole nitrogens is 2. The molecule has 0 aliphatic heterocycles. The molecule has 4 rings (SSSR count). The van der Waals surface area contributed by atoms with E-state index in [1.54, 1.807) is 0 Å². The van der Waals surface area contributed by atoms with Crippen LogP contribution in [0.15, 0.2) is 59.4 Å². The Morgan fingerprint density at radius 2 is 1.59 bits per heavy atom. The topological polar surface area (TPSA) is 110 Å². The number of nitrogen functional groups attached to an aromatic ring is 1. The maximum atomic E-state index is 11.8. The maximum absolute atomic E-state index is 11.8. The third kappa shape index (κ3) is 4.27. The van der Waals surface area contributed by atoms with Crippen molar-refractivity contribution in [3.05, 3.63) is 76.3 Å². The highest BCUT2D eigenvalue weighted by molar-refractivity contribution is 5.85. The van der Waals surface area contributed by atoms with E-state index >= 15 is 0 Å². The van der Waals surface area contributed by atoms with Crippen LogP contribution in [0.5, 0.6) is 11.5 Å². The van der Waals surface area contributed by atoms with Gasteiger partial charge in [-0.2, -0.15) is 4.98 Å². The molecule has 0 spiro atoms. The molecule has 2 aromatic carbocycles. The second-order valence-corrected chi connectivity index (χ2v) is 5.89. The highest BCUT2D eigenvalue weighted by Crippen LogP contribution is 2.21. The van der Waals surface area contributed by atoms with Crippen LogP contribution in [0, 0.1) is 0 Å². The highest BCUT2D eigenvalue weighted by atomic mass is 35.5. The van der Waals surface area contributed by atoms with E-state index in [4.69, 9.17) is 10.5 Å². The summed E-state index contributed by atoms with van der Waals surface area (Å²) in [4.78, 5) is 25.6. The van der Waals surface area contributed by atoms with E-state index in [1.807, 2.05) is 54.6 Å². The van der Waals surface area contributed by atoms with Crippen molar-refractivity contribution in [2.24, 2.45) is 0 Å². The van der Waals surface area contributed by atoms with Gasteiger partial charge in [0.05, 0.1) is 0 Å². The number of nitrogens with two attached hydrogens (primary N) is 1. The predicted octanol–water partition coefficient (Wildman–Crippen LogP) is 3.23. The van der Waals surface area contributed by atoms with E-state index in [2.05, 4.69) is 19.9 Å². The second-order valence-electron chi connectivity index (χ2n) is 5.89. The minimum atomic E-state index is -0.311. The molecule has 0 saturated heterocycles. The van der Waals surface area contributed by atoms with Gasteiger partial charge in [-0.1, -0.05) is 30.3 Å². The van der Waals surface area contributed by atoms with Crippen molar-refractivity contribution < 1.29 is 4.74 Å². The number of hydrogen-bond donors (Lipinski definition) is 3. The van der Waals surface area contributed by atoms with Crippen molar-refractivity contribution in [1.82, 2.24) is 19.9 Å². The van der Waals surface area contributed by atoms with Crippen molar-refractivity contribution in [3.63, 3.8) is 0 Å². The number of hydrogen-bond acceptors (Lipinski definition) is 5. The van der Waals surface area contributed by atoms with Crippen LogP contribution in [0.25, 0.3) is 11.2 Å². The number of ether oxygens (including phenoxy) is 1. The third-order valence-electron chi connectivity index (χ3n) is 3.98. The molecule has 0 bridgehead atoms. The van der Waals surface area contributed by atoms with Gasteiger partial charge < -0.3 is 15.5 Å². The first kappa shape index (κ1) is 18.5. The minimum absolute atomic E-state index is 0. The van der Waals surface area contributed by atoms with Gasteiger partial charge in [0.1, 0.15) is 17.3 Å². The lowest BCUT2D eigenvalue weighted by molar-refractivity contribution is 0.482. The number of anilines is 1. The van der Waals surface area contributed by atoms with Crippen LogP contribution in [0.4, 0.5) is 5.95 Å². The summed E-state index contributed by atoms with van der Waals surface area (Å²) in [6.07, 6.45) is 1.44. The molecule has 4 aromatic rings. The van der Waals surface area contributed by atoms with E-state index in [0.717, 1.165) is 23.5 Å². The summed E-state index contributed by atoms with van der Waals surface area (Å²) < 4.78 is 5.78. The molecule has 4 N–H and O–H groups in total. The van der Waals surface area contributed by atoms with Crippen LogP contribution in [0.3, 0.4) is 0 Å². The second kappa shape index (κ2) is 7.92. The van der Waals surface area contributed by atoms with Crippen molar-refractivity contribution in [2.45, 2.75) is 12.8 Å². The summed E-state index contributed by atoms with van der Waals surface area (Å²) in [5.41, 5.74) is 7.06. The summed E-state index contributed by atoms with van der Waals surface area (Å²) >= 11 is 0. The fourth-order valence-electron chi connectivity index (χ4n) is 2.70. The van der Waals surface area contributed by atoms with E-state index in [9.17, 15) is 4.79 Å². The van der Waals surface area contributed by atoms with Gasteiger partial charge in [-0.15, -0.1) is 12.4 Å². The standard InChI is InChI=1S/C19H17N5O2.ClH/c20-19-23-17-16(18(25)24-19)21-15(22-17)11-8-12-6-9-14(10-7-12)26-13-4-2-1-3-5-13;/h1-7,9-10H,8,11H2,(H4,20,21,22,23,24,25);1H. The Hall–Kier alpha value is -3.32. The number of nitrogens with zero attached hydrogens (tertiary/aromatic N) is 2. The molecule has 7 nitrogen and oxygen atoms in total. The first-order valence-electron chi connectivity index (χ1n) is 8.23. The summed E-state index contributed by atoms with van der Waals surface area (Å²) in [6, 6.07) is 17.6. The van der Waals surface area contributed by atoms with Gasteiger partial charge in [-0.25, -0.2) is 4.98 Å². The largest absolute Gasteiger partial charge is 0.457 e. The number of para-hydroxylation sites is 1. The lowest BCUT2D eigenvalue weighted by atomic mass is 10.1. The summed E-state index contributed by atoms with van der Waals surface area (Å²) in [5, 5.41) is 0. The number of fused-ring (bicyclic) bond motifs is 1. The van der Waals surface area contributed by atoms with Crippen LogP contribution in [-0.4, -0.2) is 19.9 Å². The Morgan fingerprint density at radius 3 is 2.33 bits per heavy atom. The molecule has 0 unspecified atom stereocenters. The third-order valence-corrected chi connectivity index (χ3v) is 3.98. The molecule has 2 heterocycles. The van der Waals surface area contributed by atoms with Crippen LogP contribution < -0.4 is 16.0 Å². The van der Waals surface area contributed by atoms with Gasteiger partial charge in [-0.3, -0.25) is 9.78 Å². The van der Waals surface area contributed by atoms with Crippen LogP contribution in [0.2, 0.25) is 0 Å². The van der Waals surface area contributed by atoms with Crippen LogP contribution >= 0.6 is 12.4 Å². The maximum Gasteiger partial charge on any atom is 0.278 e. The molecular weight excluding hydrogens is 366 g/mol. The first-order chi connectivity index (χ1) is 12.7. The molecule has 27 heavy (non-hydrogen) atoms. The molecule has 0 radical (unpaired) electrons. The molecular formula is C19H18ClN5O2. The molecule has 2 aromatic heterocycles. The lowest BCUT2D eigenvalue weighted by Crippen LogP contribution is -2.10. The zero-order valence-electron chi connectivity index (χ0n) is 14.3. The molecule has 0 saturated carbocycles. The normalized spacial score (nSPS) is 10.5. The van der Waals surface area contributed by atoms with Crippen molar-refractivity contribution in [2.75, 3.05) is 5.73 Å². The Morgan fingerprint density at radius 1 is 0.889 bits per heavy atom. The summed E-state index contributed by atoms with van der Waals surface area (Å²) in [7, 11) is 0. The molecule has 0 fully saturated rings. The number of aromatic nitrogens is 4. The van der Waals surface area contributed by atoms with Gasteiger partial charge in [0, 0.05) is 6.42 Å². The zero-order valence-corrected chi connectivity index (χ0v) is 15.1. The van der Waals surface area contributed by atoms with Gasteiger partial charge in [0.15, 0.2) is 11.2 Å². The molecule has 0 aliphatic carbocycles. The first-order valence-corrected chi connectivity index (χ1v) is 8.23. The van der Waals surface area contributed by atoms with Crippen molar-refractivity contribution in [3.8, 4) is 11.5 Å². The molecule has 138 valence electrons. The van der Waals surface area contributed by atoms with Crippen LogP contribution in [0.1, 0.15) is 11.4 Å². The summed E-state index contributed by atoms with van der Waals surface area (Å²) in [5.74, 6) is 2.36. The number of aryl methyl sites for hydroxylation is 2. The summed E-state index contributed by atoms with van der Waals surface area (Å²) in [6.45, 7) is 0. The van der Waals surface area contributed by atoms with E-state index < -0.39 is 0 Å². The van der Waals surface area contributed by atoms with Gasteiger partial charge in [0.2, 0.25) is 5.95 Å². The molecule has 0 aliphatic rings. The zero-order chi connectivity index (χ0) is 17.9. The Balaban J connectivity index is 0.00000210. The SMILES string of the molecule is Cl.Nc1nc2nc(CCc3ccc(Oc4ccccc4)cc3)[nH]c2c(=O)[nH]1. The molecule has 0 atom stereocenters. The number of benzene rings is 2. The quantitative estimate of drug-likeness (QED) is 0.490. The number of aromatic amines is 2. The van der Waals surface area contributed by atoms with Crippen molar-refractivity contribution >= 4 is 29.5 Å². The smallest absolute Gasteiger partial charge is 0.278 e. The highest BCUT2D eigenvalue weighted by Gasteiger charge is 2.09. The lowest BCUT2D eigenvalue weighted by Gasteiger charge is -2.06. The minimum Gasteiger partial charge on any atom is -0.457 e. The fourth-order valence-corrected chi connectivity index (χ4v) is 2.70. The molecule has 0 amide bonds.